The highest BCUT2D eigenvalue weighted by Gasteiger charge is 2.29. The number of carboxylic acids is 1. The lowest BCUT2D eigenvalue weighted by Gasteiger charge is -2.24. The van der Waals surface area contributed by atoms with Crippen LogP contribution in [-0.2, 0) is 10.2 Å². The summed E-state index contributed by atoms with van der Waals surface area (Å²) in [6, 6.07) is 3.62. The van der Waals surface area contributed by atoms with Crippen molar-refractivity contribution in [2.75, 3.05) is 13.9 Å². The molecule has 1 aliphatic heterocycles. The van der Waals surface area contributed by atoms with Gasteiger partial charge in [-0.25, -0.2) is 0 Å². The van der Waals surface area contributed by atoms with Gasteiger partial charge in [-0.05, 0) is 17.7 Å². The van der Waals surface area contributed by atoms with Crippen LogP contribution in [-0.4, -0.2) is 25.0 Å². The molecule has 0 amide bonds. The minimum Gasteiger partial charge on any atom is -0.493 e. The van der Waals surface area contributed by atoms with Gasteiger partial charge in [-0.1, -0.05) is 13.8 Å². The summed E-state index contributed by atoms with van der Waals surface area (Å²) in [6.45, 7) is 3.91. The molecule has 5 nitrogen and oxygen atoms in total. The van der Waals surface area contributed by atoms with Gasteiger partial charge in [-0.15, -0.1) is 0 Å². The molecule has 18 heavy (non-hydrogen) atoms. The van der Waals surface area contributed by atoms with Gasteiger partial charge in [-0.2, -0.15) is 0 Å². The maximum atomic E-state index is 10.9. The van der Waals surface area contributed by atoms with Crippen molar-refractivity contribution in [3.63, 3.8) is 0 Å². The topological polar surface area (TPSA) is 65.0 Å². The Labute approximate surface area is 105 Å². The van der Waals surface area contributed by atoms with Crippen molar-refractivity contribution in [1.29, 1.82) is 0 Å². The summed E-state index contributed by atoms with van der Waals surface area (Å²) < 4.78 is 15.9. The van der Waals surface area contributed by atoms with Crippen molar-refractivity contribution in [2.24, 2.45) is 0 Å². The van der Waals surface area contributed by atoms with Crippen molar-refractivity contribution in [2.45, 2.75) is 25.7 Å². The molecule has 0 aromatic heterocycles. The molecule has 1 heterocycles. The van der Waals surface area contributed by atoms with Gasteiger partial charge in [-0.3, -0.25) is 4.79 Å². The number of aliphatic carboxylic acids is 1. The molecule has 1 aliphatic rings. The summed E-state index contributed by atoms with van der Waals surface area (Å²) in [7, 11) is 1.55. The summed E-state index contributed by atoms with van der Waals surface area (Å²) in [6.07, 6.45) is 0.0375. The third-order valence-corrected chi connectivity index (χ3v) is 3.03. The zero-order valence-corrected chi connectivity index (χ0v) is 10.6. The minimum absolute atomic E-state index is 0.0375. The Morgan fingerprint density at radius 1 is 1.44 bits per heavy atom. The van der Waals surface area contributed by atoms with Crippen LogP contribution in [0.5, 0.6) is 17.2 Å². The summed E-state index contributed by atoms with van der Waals surface area (Å²) >= 11 is 0. The Bertz CT molecular complexity index is 479. The lowest BCUT2D eigenvalue weighted by molar-refractivity contribution is -0.138. The van der Waals surface area contributed by atoms with E-state index in [2.05, 4.69) is 0 Å². The van der Waals surface area contributed by atoms with Gasteiger partial charge < -0.3 is 19.3 Å². The molecule has 0 atom stereocenters. The molecule has 98 valence electrons. The molecule has 0 radical (unpaired) electrons. The lowest BCUT2D eigenvalue weighted by atomic mass is 9.81. The van der Waals surface area contributed by atoms with E-state index in [9.17, 15) is 4.79 Å². The summed E-state index contributed by atoms with van der Waals surface area (Å²) in [4.78, 5) is 10.9. The number of hydrogen-bond donors (Lipinski definition) is 1. The fourth-order valence-corrected chi connectivity index (χ4v) is 2.00. The number of carboxylic acid groups (broad SMARTS) is 1. The Balaban J connectivity index is 2.43. The minimum atomic E-state index is -0.836. The molecule has 2 rings (SSSR count). The summed E-state index contributed by atoms with van der Waals surface area (Å²) in [5, 5.41) is 8.94. The van der Waals surface area contributed by atoms with Gasteiger partial charge >= 0.3 is 5.97 Å². The fourth-order valence-electron chi connectivity index (χ4n) is 2.00. The largest absolute Gasteiger partial charge is 0.493 e. The van der Waals surface area contributed by atoms with E-state index < -0.39 is 11.4 Å². The zero-order chi connectivity index (χ0) is 13.3. The molecule has 0 bridgehead atoms. The lowest BCUT2D eigenvalue weighted by Crippen LogP contribution is -2.21. The predicted molar refractivity (Wildman–Crippen MR) is 64.4 cm³/mol. The highest BCUT2D eigenvalue weighted by Crippen LogP contribution is 2.44. The SMILES string of the molecule is COc1cc(C(C)(C)CC(=O)O)cc2c1OCO2. The van der Waals surface area contributed by atoms with E-state index in [4.69, 9.17) is 19.3 Å². The first-order valence-electron chi connectivity index (χ1n) is 5.64. The molecule has 1 N–H and O–H groups in total. The molecule has 0 saturated carbocycles. The Hall–Kier alpha value is -1.91. The van der Waals surface area contributed by atoms with Crippen LogP contribution in [0.4, 0.5) is 0 Å². The number of carbonyl (C=O) groups is 1. The molecule has 1 aromatic rings. The van der Waals surface area contributed by atoms with Crippen LogP contribution in [0, 0.1) is 0 Å². The average Bonchev–Trinajstić information content (AvgIpc) is 2.73. The van der Waals surface area contributed by atoms with Crippen LogP contribution in [0.15, 0.2) is 12.1 Å². The Morgan fingerprint density at radius 2 is 2.17 bits per heavy atom. The first-order chi connectivity index (χ1) is 8.44. The maximum Gasteiger partial charge on any atom is 0.304 e. The van der Waals surface area contributed by atoms with Crippen LogP contribution in [0.1, 0.15) is 25.8 Å². The highest BCUT2D eigenvalue weighted by atomic mass is 16.7. The molecular weight excluding hydrogens is 236 g/mol. The number of rotatable bonds is 4. The molecule has 0 spiro atoms. The number of fused-ring (bicyclic) bond motifs is 1. The zero-order valence-electron chi connectivity index (χ0n) is 10.6. The smallest absolute Gasteiger partial charge is 0.304 e. The van der Waals surface area contributed by atoms with Gasteiger partial charge in [0.1, 0.15) is 0 Å². The number of ether oxygens (including phenoxy) is 3. The van der Waals surface area contributed by atoms with Gasteiger partial charge in [0.15, 0.2) is 11.5 Å². The predicted octanol–water partition coefficient (Wildman–Crippen LogP) is 2.18. The second-order valence-corrected chi connectivity index (χ2v) is 4.87. The van der Waals surface area contributed by atoms with E-state index in [1.807, 2.05) is 19.9 Å². The number of benzene rings is 1. The van der Waals surface area contributed by atoms with E-state index in [0.29, 0.717) is 17.2 Å². The van der Waals surface area contributed by atoms with E-state index >= 15 is 0 Å². The molecule has 1 aromatic carbocycles. The third-order valence-electron chi connectivity index (χ3n) is 3.03. The van der Waals surface area contributed by atoms with Crippen molar-refractivity contribution in [3.05, 3.63) is 17.7 Å². The molecular formula is C13H16O5. The fraction of sp³-hybridized carbons (Fsp3) is 0.462. The second kappa shape index (κ2) is 4.40. The van der Waals surface area contributed by atoms with Gasteiger partial charge in [0.2, 0.25) is 12.5 Å². The van der Waals surface area contributed by atoms with Crippen molar-refractivity contribution in [3.8, 4) is 17.2 Å². The first kappa shape index (κ1) is 12.5. The van der Waals surface area contributed by atoms with Crippen LogP contribution in [0.25, 0.3) is 0 Å². The van der Waals surface area contributed by atoms with Gasteiger partial charge in [0.25, 0.3) is 0 Å². The molecule has 0 unspecified atom stereocenters. The Kier molecular flexibility index (Phi) is 3.07. The number of methoxy groups -OCH3 is 1. The van der Waals surface area contributed by atoms with E-state index in [-0.39, 0.29) is 13.2 Å². The first-order valence-corrected chi connectivity index (χ1v) is 5.64. The van der Waals surface area contributed by atoms with E-state index in [0.717, 1.165) is 5.56 Å². The third kappa shape index (κ3) is 2.20. The van der Waals surface area contributed by atoms with E-state index in [1.165, 1.54) is 0 Å². The Morgan fingerprint density at radius 3 is 2.78 bits per heavy atom. The monoisotopic (exact) mass is 252 g/mol. The average molecular weight is 252 g/mol. The van der Waals surface area contributed by atoms with Gasteiger partial charge in [0.05, 0.1) is 13.5 Å². The van der Waals surface area contributed by atoms with Gasteiger partial charge in [0, 0.05) is 5.41 Å². The van der Waals surface area contributed by atoms with Crippen LogP contribution < -0.4 is 14.2 Å². The van der Waals surface area contributed by atoms with E-state index in [1.54, 1.807) is 13.2 Å². The molecule has 0 fully saturated rings. The quantitative estimate of drug-likeness (QED) is 0.889. The normalized spacial score (nSPS) is 13.5. The van der Waals surface area contributed by atoms with Crippen molar-refractivity contribution in [1.82, 2.24) is 0 Å². The molecule has 0 saturated heterocycles. The van der Waals surface area contributed by atoms with Crippen LogP contribution in [0.2, 0.25) is 0 Å². The van der Waals surface area contributed by atoms with Crippen molar-refractivity contribution < 1.29 is 24.1 Å². The second-order valence-electron chi connectivity index (χ2n) is 4.87. The number of hydrogen-bond acceptors (Lipinski definition) is 4. The van der Waals surface area contributed by atoms with Crippen LogP contribution >= 0.6 is 0 Å². The highest BCUT2D eigenvalue weighted by molar-refractivity contribution is 5.69. The maximum absolute atomic E-state index is 10.9. The summed E-state index contributed by atoms with van der Waals surface area (Å²) in [5.41, 5.74) is 0.353. The molecule has 0 aliphatic carbocycles. The van der Waals surface area contributed by atoms with Crippen molar-refractivity contribution >= 4 is 5.97 Å². The van der Waals surface area contributed by atoms with Crippen LogP contribution in [0.3, 0.4) is 0 Å². The molecule has 5 heteroatoms. The summed E-state index contributed by atoms with van der Waals surface area (Å²) in [5.74, 6) is 0.908. The standard InChI is InChI=1S/C13H16O5/c1-13(2,6-11(14)15)8-4-9(16-3)12-10(5-8)17-7-18-12/h4-5H,6-7H2,1-3H3,(H,14,15).